The number of carbonyl (C=O) groups excluding carboxylic acids is 2. The van der Waals surface area contributed by atoms with Gasteiger partial charge >= 0.3 is 0 Å². The van der Waals surface area contributed by atoms with Gasteiger partial charge in [0.25, 0.3) is 5.91 Å². The van der Waals surface area contributed by atoms with Crippen molar-refractivity contribution in [1.82, 2.24) is 4.98 Å². The van der Waals surface area contributed by atoms with Crippen molar-refractivity contribution >= 4 is 17.5 Å². The first-order valence-corrected chi connectivity index (χ1v) is 6.22. The fraction of sp³-hybridized carbons (Fsp3) is 0.133. The van der Waals surface area contributed by atoms with Crippen molar-refractivity contribution in [1.29, 1.82) is 0 Å². The molecule has 0 aliphatic carbocycles. The van der Waals surface area contributed by atoms with Crippen molar-refractivity contribution in [2.24, 2.45) is 0 Å². The minimum absolute atomic E-state index is 0.0315. The summed E-state index contributed by atoms with van der Waals surface area (Å²) < 4.78 is 5.29. The van der Waals surface area contributed by atoms with E-state index in [0.717, 1.165) is 0 Å². The van der Waals surface area contributed by atoms with Crippen molar-refractivity contribution in [3.05, 3.63) is 54.2 Å². The second kappa shape index (κ2) is 5.13. The molecule has 0 bridgehead atoms. The van der Waals surface area contributed by atoms with E-state index in [9.17, 15) is 9.59 Å². The van der Waals surface area contributed by atoms with Crippen LogP contribution in [0, 0.1) is 0 Å². The molecule has 5 heteroatoms. The molecule has 1 aromatic heterocycles. The van der Waals surface area contributed by atoms with Gasteiger partial charge in [0, 0.05) is 11.8 Å². The van der Waals surface area contributed by atoms with Crippen LogP contribution in [0.15, 0.2) is 48.7 Å². The lowest BCUT2D eigenvalue weighted by atomic mass is 10.1. The second-order valence-corrected chi connectivity index (χ2v) is 4.38. The lowest BCUT2D eigenvalue weighted by Crippen LogP contribution is -2.42. The number of nitrogens with zero attached hydrogens (tertiary/aromatic N) is 2. The molecule has 0 saturated carbocycles. The molecule has 2 aromatic rings. The van der Waals surface area contributed by atoms with Gasteiger partial charge in [-0.05, 0) is 12.1 Å². The molecule has 0 N–H and O–H groups in total. The monoisotopic (exact) mass is 268 g/mol. The van der Waals surface area contributed by atoms with Crippen molar-refractivity contribution in [3.63, 3.8) is 0 Å². The van der Waals surface area contributed by atoms with Gasteiger partial charge in [0.2, 0.25) is 0 Å². The SMILES string of the molecule is O=C(CN1C(=O)COc2cccnc21)c1ccccc1. The van der Waals surface area contributed by atoms with Crippen LogP contribution in [0.4, 0.5) is 5.82 Å². The van der Waals surface area contributed by atoms with Crippen LogP contribution in [-0.2, 0) is 4.79 Å². The number of hydrogen-bond acceptors (Lipinski definition) is 4. The molecule has 0 saturated heterocycles. The molecule has 1 aromatic carbocycles. The first-order chi connectivity index (χ1) is 9.75. The molecule has 1 aliphatic heterocycles. The number of anilines is 1. The predicted molar refractivity (Wildman–Crippen MR) is 72.9 cm³/mol. The molecule has 2 heterocycles. The Morgan fingerprint density at radius 2 is 2.00 bits per heavy atom. The number of carbonyl (C=O) groups is 2. The Morgan fingerprint density at radius 1 is 1.20 bits per heavy atom. The van der Waals surface area contributed by atoms with Crippen LogP contribution in [0.5, 0.6) is 5.75 Å². The number of benzene rings is 1. The van der Waals surface area contributed by atoms with Gasteiger partial charge in [0.05, 0.1) is 6.54 Å². The van der Waals surface area contributed by atoms with Crippen LogP contribution >= 0.6 is 0 Å². The topological polar surface area (TPSA) is 59.5 Å². The third-order valence-electron chi connectivity index (χ3n) is 3.06. The Balaban J connectivity index is 1.87. The molecule has 0 unspecified atom stereocenters. The molecule has 20 heavy (non-hydrogen) atoms. The zero-order valence-electron chi connectivity index (χ0n) is 10.7. The quantitative estimate of drug-likeness (QED) is 0.795. The largest absolute Gasteiger partial charge is 0.480 e. The molecule has 5 nitrogen and oxygen atoms in total. The summed E-state index contributed by atoms with van der Waals surface area (Å²) in [4.78, 5) is 29.6. The van der Waals surface area contributed by atoms with E-state index < -0.39 is 0 Å². The fourth-order valence-electron chi connectivity index (χ4n) is 2.06. The highest BCUT2D eigenvalue weighted by atomic mass is 16.5. The Bertz CT molecular complexity index is 655. The number of hydrogen-bond donors (Lipinski definition) is 0. The van der Waals surface area contributed by atoms with Gasteiger partial charge in [0.1, 0.15) is 0 Å². The highest BCUT2D eigenvalue weighted by molar-refractivity contribution is 6.06. The van der Waals surface area contributed by atoms with Crippen LogP contribution in [0.25, 0.3) is 0 Å². The molecule has 0 spiro atoms. The van der Waals surface area contributed by atoms with Crippen LogP contribution < -0.4 is 9.64 Å². The maximum absolute atomic E-state index is 12.2. The lowest BCUT2D eigenvalue weighted by Gasteiger charge is -2.27. The number of aromatic nitrogens is 1. The number of rotatable bonds is 3. The van der Waals surface area contributed by atoms with Gasteiger partial charge in [-0.2, -0.15) is 0 Å². The predicted octanol–water partition coefficient (Wildman–Crippen LogP) is 1.69. The van der Waals surface area contributed by atoms with E-state index in [2.05, 4.69) is 4.98 Å². The maximum atomic E-state index is 12.2. The summed E-state index contributed by atoms with van der Waals surface area (Å²) >= 11 is 0. The Hall–Kier alpha value is -2.69. The first kappa shape index (κ1) is 12.3. The lowest BCUT2D eigenvalue weighted by molar-refractivity contribution is -0.121. The van der Waals surface area contributed by atoms with Crippen LogP contribution in [0.3, 0.4) is 0 Å². The zero-order valence-corrected chi connectivity index (χ0v) is 10.7. The number of Topliss-reactive ketones (excluding diaryl/α,β-unsaturated/α-hetero) is 1. The van der Waals surface area contributed by atoms with E-state index in [1.807, 2.05) is 6.07 Å². The standard InChI is InChI=1S/C15H12N2O3/c18-12(11-5-2-1-3-6-11)9-17-14(19)10-20-13-7-4-8-16-15(13)17/h1-8H,9-10H2. The summed E-state index contributed by atoms with van der Waals surface area (Å²) in [6.07, 6.45) is 1.57. The van der Waals surface area contributed by atoms with Crippen LogP contribution in [0.1, 0.15) is 10.4 Å². The minimum atomic E-state index is -0.263. The highest BCUT2D eigenvalue weighted by Crippen LogP contribution is 2.28. The summed E-state index contributed by atoms with van der Waals surface area (Å²) in [6, 6.07) is 12.3. The minimum Gasteiger partial charge on any atom is -0.480 e. The third-order valence-corrected chi connectivity index (χ3v) is 3.06. The summed E-state index contributed by atoms with van der Waals surface area (Å²) in [6.45, 7) is -0.100. The summed E-state index contributed by atoms with van der Waals surface area (Å²) in [5.41, 5.74) is 0.573. The zero-order chi connectivity index (χ0) is 13.9. The summed E-state index contributed by atoms with van der Waals surface area (Å²) in [7, 11) is 0. The van der Waals surface area contributed by atoms with Gasteiger partial charge in [0.15, 0.2) is 24.0 Å². The smallest absolute Gasteiger partial charge is 0.266 e. The average Bonchev–Trinajstić information content (AvgIpc) is 2.51. The van der Waals surface area contributed by atoms with E-state index in [0.29, 0.717) is 17.1 Å². The molecule has 1 amide bonds. The van der Waals surface area contributed by atoms with Crippen LogP contribution in [0.2, 0.25) is 0 Å². The normalized spacial score (nSPS) is 13.6. The van der Waals surface area contributed by atoms with E-state index in [-0.39, 0.29) is 24.8 Å². The van der Waals surface area contributed by atoms with Gasteiger partial charge in [-0.15, -0.1) is 0 Å². The van der Waals surface area contributed by atoms with Crippen molar-refractivity contribution in [2.75, 3.05) is 18.1 Å². The maximum Gasteiger partial charge on any atom is 0.266 e. The van der Waals surface area contributed by atoms with E-state index in [4.69, 9.17) is 4.74 Å². The first-order valence-electron chi connectivity index (χ1n) is 6.22. The van der Waals surface area contributed by atoms with Crippen molar-refractivity contribution < 1.29 is 14.3 Å². The Kier molecular flexibility index (Phi) is 3.16. The third kappa shape index (κ3) is 2.25. The van der Waals surface area contributed by atoms with E-state index >= 15 is 0 Å². The molecule has 0 atom stereocenters. The molecular formula is C15H12N2O3. The van der Waals surface area contributed by atoms with Gasteiger partial charge < -0.3 is 4.74 Å². The molecule has 3 rings (SSSR count). The number of pyridine rings is 1. The van der Waals surface area contributed by atoms with Crippen molar-refractivity contribution in [3.8, 4) is 5.75 Å². The van der Waals surface area contributed by atoms with E-state index in [1.54, 1.807) is 42.6 Å². The Labute approximate surface area is 115 Å². The number of fused-ring (bicyclic) bond motifs is 1. The number of ether oxygens (including phenoxy) is 1. The molecule has 0 fully saturated rings. The van der Waals surface area contributed by atoms with Crippen molar-refractivity contribution in [2.45, 2.75) is 0 Å². The fourth-order valence-corrected chi connectivity index (χ4v) is 2.06. The number of ketones is 1. The molecular weight excluding hydrogens is 256 g/mol. The molecule has 0 radical (unpaired) electrons. The second-order valence-electron chi connectivity index (χ2n) is 4.38. The van der Waals surface area contributed by atoms with Gasteiger partial charge in [-0.25, -0.2) is 4.98 Å². The Morgan fingerprint density at radius 3 is 2.80 bits per heavy atom. The molecule has 1 aliphatic rings. The highest BCUT2D eigenvalue weighted by Gasteiger charge is 2.28. The van der Waals surface area contributed by atoms with Crippen LogP contribution in [-0.4, -0.2) is 29.8 Å². The summed E-state index contributed by atoms with van der Waals surface area (Å²) in [5.74, 6) is 0.527. The molecule has 100 valence electrons. The average molecular weight is 268 g/mol. The van der Waals surface area contributed by atoms with Gasteiger partial charge in [-0.3, -0.25) is 14.5 Å². The van der Waals surface area contributed by atoms with Gasteiger partial charge in [-0.1, -0.05) is 30.3 Å². The number of amides is 1. The van der Waals surface area contributed by atoms with E-state index in [1.165, 1.54) is 4.90 Å². The summed E-state index contributed by atoms with van der Waals surface area (Å²) in [5, 5.41) is 0.